The van der Waals surface area contributed by atoms with Gasteiger partial charge in [-0.1, -0.05) is 19.8 Å². The molecule has 0 radical (unpaired) electrons. The van der Waals surface area contributed by atoms with Gasteiger partial charge < -0.3 is 10.6 Å². The van der Waals surface area contributed by atoms with Gasteiger partial charge in [0.1, 0.15) is 0 Å². The van der Waals surface area contributed by atoms with E-state index in [1.165, 1.54) is 32.1 Å². The highest BCUT2D eigenvalue weighted by Gasteiger charge is 2.31. The van der Waals surface area contributed by atoms with Crippen LogP contribution in [0.5, 0.6) is 0 Å². The van der Waals surface area contributed by atoms with Gasteiger partial charge in [0.05, 0.1) is 0 Å². The van der Waals surface area contributed by atoms with Crippen LogP contribution in [0.1, 0.15) is 52.4 Å². The minimum Gasteiger partial charge on any atom is -0.357 e. The summed E-state index contributed by atoms with van der Waals surface area (Å²) in [5.41, 5.74) is 0.456. The summed E-state index contributed by atoms with van der Waals surface area (Å²) >= 11 is 0. The Morgan fingerprint density at radius 1 is 1.27 bits per heavy atom. The van der Waals surface area contributed by atoms with Crippen LogP contribution < -0.4 is 10.6 Å². The molecule has 0 saturated heterocycles. The molecule has 2 rings (SSSR count). The van der Waals surface area contributed by atoms with E-state index >= 15 is 0 Å². The highest BCUT2D eigenvalue weighted by atomic mass is 15.3. The van der Waals surface area contributed by atoms with Crippen molar-refractivity contribution in [1.82, 2.24) is 20.4 Å². The van der Waals surface area contributed by atoms with E-state index in [0.717, 1.165) is 38.6 Å². The predicted molar refractivity (Wildman–Crippen MR) is 92.0 cm³/mol. The van der Waals surface area contributed by atoms with Gasteiger partial charge in [-0.2, -0.15) is 5.10 Å². The highest BCUT2D eigenvalue weighted by Crippen LogP contribution is 2.41. The van der Waals surface area contributed by atoms with Crippen molar-refractivity contribution < 1.29 is 0 Å². The topological polar surface area (TPSA) is 54.2 Å². The second kappa shape index (κ2) is 8.81. The number of nitrogens with one attached hydrogen (secondary N) is 2. The van der Waals surface area contributed by atoms with Gasteiger partial charge in [-0.25, -0.2) is 0 Å². The second-order valence-electron chi connectivity index (χ2n) is 6.31. The van der Waals surface area contributed by atoms with Crippen LogP contribution in [0, 0.1) is 5.41 Å². The second-order valence-corrected chi connectivity index (χ2v) is 6.31. The maximum Gasteiger partial charge on any atom is 0.191 e. The van der Waals surface area contributed by atoms with Crippen LogP contribution in [0.25, 0.3) is 0 Å². The van der Waals surface area contributed by atoms with Gasteiger partial charge in [0.25, 0.3) is 0 Å². The van der Waals surface area contributed by atoms with Crippen LogP contribution in [-0.4, -0.2) is 35.4 Å². The van der Waals surface area contributed by atoms with Crippen molar-refractivity contribution in [3.63, 3.8) is 0 Å². The molecule has 5 nitrogen and oxygen atoms in total. The van der Waals surface area contributed by atoms with Crippen LogP contribution >= 0.6 is 0 Å². The number of hydrogen-bond donors (Lipinski definition) is 2. The van der Waals surface area contributed by atoms with Gasteiger partial charge in [0, 0.05) is 38.6 Å². The van der Waals surface area contributed by atoms with Crippen LogP contribution in [0.4, 0.5) is 0 Å². The van der Waals surface area contributed by atoms with E-state index < -0.39 is 0 Å². The number of guanidine groups is 1. The van der Waals surface area contributed by atoms with Gasteiger partial charge in [-0.3, -0.25) is 9.67 Å². The summed E-state index contributed by atoms with van der Waals surface area (Å²) in [5.74, 6) is 0.961. The quantitative estimate of drug-likeness (QED) is 0.441. The van der Waals surface area contributed by atoms with Crippen molar-refractivity contribution in [2.75, 3.05) is 19.6 Å². The largest absolute Gasteiger partial charge is 0.357 e. The molecule has 0 unspecified atom stereocenters. The van der Waals surface area contributed by atoms with Crippen LogP contribution in [0.3, 0.4) is 0 Å². The number of nitrogens with zero attached hydrogens (tertiary/aromatic N) is 3. The zero-order valence-corrected chi connectivity index (χ0v) is 14.1. The molecular weight excluding hydrogens is 274 g/mol. The van der Waals surface area contributed by atoms with E-state index in [2.05, 4.69) is 29.6 Å². The summed E-state index contributed by atoms with van der Waals surface area (Å²) in [5, 5.41) is 11.0. The molecule has 2 N–H and O–H groups in total. The molecule has 1 aromatic heterocycles. The Hall–Kier alpha value is -1.52. The van der Waals surface area contributed by atoms with Crippen LogP contribution in [0.2, 0.25) is 0 Å². The zero-order chi connectivity index (χ0) is 15.7. The average molecular weight is 305 g/mol. The molecule has 1 aliphatic rings. The number of aryl methyl sites for hydroxylation is 1. The summed E-state index contributed by atoms with van der Waals surface area (Å²) in [6.07, 6.45) is 11.5. The lowest BCUT2D eigenvalue weighted by Crippen LogP contribution is -2.39. The minimum absolute atomic E-state index is 0.456. The Morgan fingerprint density at radius 3 is 2.73 bits per heavy atom. The summed E-state index contributed by atoms with van der Waals surface area (Å²) < 4.78 is 1.97. The van der Waals surface area contributed by atoms with Crippen molar-refractivity contribution >= 4 is 5.96 Å². The van der Waals surface area contributed by atoms with E-state index in [1.54, 1.807) is 0 Å². The summed E-state index contributed by atoms with van der Waals surface area (Å²) in [6.45, 7) is 8.16. The molecular formula is C17H31N5. The Balaban J connectivity index is 1.76. The molecule has 0 atom stereocenters. The first kappa shape index (κ1) is 16.8. The highest BCUT2D eigenvalue weighted by molar-refractivity contribution is 5.79. The molecule has 1 heterocycles. The van der Waals surface area contributed by atoms with Gasteiger partial charge in [-0.05, 0) is 44.1 Å². The third-order valence-corrected chi connectivity index (χ3v) is 4.75. The first-order valence-corrected chi connectivity index (χ1v) is 8.77. The van der Waals surface area contributed by atoms with E-state index in [9.17, 15) is 0 Å². The molecule has 1 aliphatic carbocycles. The molecule has 0 amide bonds. The number of hydrogen-bond acceptors (Lipinski definition) is 2. The smallest absolute Gasteiger partial charge is 0.191 e. The SMILES string of the molecule is CCNC(=NCC1(CC)CCCC1)NCCCn1cccn1. The standard InChI is InChI=1S/C17H31N5/c1-3-17(9-5-6-10-17)15-20-16(18-4-2)19-11-7-13-22-14-8-12-21-22/h8,12,14H,3-7,9-11,13,15H2,1-2H3,(H2,18,19,20). The first-order valence-electron chi connectivity index (χ1n) is 8.77. The summed E-state index contributed by atoms with van der Waals surface area (Å²) in [7, 11) is 0. The lowest BCUT2D eigenvalue weighted by atomic mass is 9.84. The Kier molecular flexibility index (Phi) is 6.74. The molecule has 1 fully saturated rings. The monoisotopic (exact) mass is 305 g/mol. The van der Waals surface area contributed by atoms with Crippen molar-refractivity contribution in [3.8, 4) is 0 Å². The van der Waals surface area contributed by atoms with Crippen molar-refractivity contribution in [2.45, 2.75) is 58.9 Å². The molecule has 0 aromatic carbocycles. The summed E-state index contributed by atoms with van der Waals surface area (Å²) in [4.78, 5) is 4.85. The van der Waals surface area contributed by atoms with E-state index in [-0.39, 0.29) is 0 Å². The average Bonchev–Trinajstić information content (AvgIpc) is 3.21. The molecule has 1 aromatic rings. The number of aliphatic imine (C=N–C) groups is 1. The molecule has 124 valence electrons. The maximum absolute atomic E-state index is 4.85. The molecule has 0 bridgehead atoms. The lowest BCUT2D eigenvalue weighted by molar-refractivity contribution is 0.297. The fourth-order valence-corrected chi connectivity index (χ4v) is 3.22. The normalized spacial score (nSPS) is 17.6. The Bertz CT molecular complexity index is 432. The van der Waals surface area contributed by atoms with Gasteiger partial charge in [0.2, 0.25) is 0 Å². The predicted octanol–water partition coefficient (Wildman–Crippen LogP) is 2.80. The first-order chi connectivity index (χ1) is 10.8. The molecule has 0 spiro atoms. The lowest BCUT2D eigenvalue weighted by Gasteiger charge is -2.25. The van der Waals surface area contributed by atoms with E-state index in [4.69, 9.17) is 4.99 Å². The Labute approximate surface area is 134 Å². The zero-order valence-electron chi connectivity index (χ0n) is 14.1. The third-order valence-electron chi connectivity index (χ3n) is 4.75. The fraction of sp³-hybridized carbons (Fsp3) is 0.765. The van der Waals surface area contributed by atoms with Crippen LogP contribution in [0.15, 0.2) is 23.5 Å². The number of rotatable bonds is 8. The van der Waals surface area contributed by atoms with Crippen molar-refractivity contribution in [2.24, 2.45) is 10.4 Å². The molecule has 22 heavy (non-hydrogen) atoms. The van der Waals surface area contributed by atoms with Gasteiger partial charge in [-0.15, -0.1) is 0 Å². The minimum atomic E-state index is 0.456. The molecule has 0 aliphatic heterocycles. The van der Waals surface area contributed by atoms with Gasteiger partial charge >= 0.3 is 0 Å². The fourth-order valence-electron chi connectivity index (χ4n) is 3.22. The number of aromatic nitrogens is 2. The van der Waals surface area contributed by atoms with Crippen LogP contribution in [-0.2, 0) is 6.54 Å². The summed E-state index contributed by atoms with van der Waals surface area (Å²) in [6, 6.07) is 1.96. The third kappa shape index (κ3) is 5.04. The van der Waals surface area contributed by atoms with Gasteiger partial charge in [0.15, 0.2) is 5.96 Å². The van der Waals surface area contributed by atoms with Crippen molar-refractivity contribution in [3.05, 3.63) is 18.5 Å². The van der Waals surface area contributed by atoms with E-state index in [1.807, 2.05) is 23.1 Å². The maximum atomic E-state index is 4.85. The van der Waals surface area contributed by atoms with E-state index in [0.29, 0.717) is 5.41 Å². The van der Waals surface area contributed by atoms with Crippen molar-refractivity contribution in [1.29, 1.82) is 0 Å². The molecule has 1 saturated carbocycles. The molecule has 5 heteroatoms. The Morgan fingerprint density at radius 2 is 2.09 bits per heavy atom.